The summed E-state index contributed by atoms with van der Waals surface area (Å²) in [7, 11) is 0. The summed E-state index contributed by atoms with van der Waals surface area (Å²) in [5.41, 5.74) is 7.57. The zero-order valence-corrected chi connectivity index (χ0v) is 13.0. The van der Waals surface area contributed by atoms with E-state index >= 15 is 0 Å². The van der Waals surface area contributed by atoms with Crippen LogP contribution in [0.4, 0.5) is 0 Å². The van der Waals surface area contributed by atoms with E-state index in [-0.39, 0.29) is 11.7 Å². The van der Waals surface area contributed by atoms with Crippen LogP contribution in [0.1, 0.15) is 38.1 Å². The van der Waals surface area contributed by atoms with E-state index in [9.17, 15) is 4.79 Å². The van der Waals surface area contributed by atoms with Crippen molar-refractivity contribution >= 4 is 21.7 Å². The maximum Gasteiger partial charge on any atom is 0.143 e. The predicted molar refractivity (Wildman–Crippen MR) is 76.5 cm³/mol. The van der Waals surface area contributed by atoms with E-state index in [4.69, 9.17) is 5.73 Å². The van der Waals surface area contributed by atoms with Crippen molar-refractivity contribution in [2.45, 2.75) is 46.6 Å². The first-order valence-electron chi connectivity index (χ1n) is 6.49. The monoisotopic (exact) mass is 315 g/mol. The van der Waals surface area contributed by atoms with Crippen LogP contribution in [0.25, 0.3) is 0 Å². The van der Waals surface area contributed by atoms with Crippen LogP contribution < -0.4 is 5.73 Å². The maximum atomic E-state index is 12.2. The molecule has 0 saturated heterocycles. The molecule has 0 fully saturated rings. The van der Waals surface area contributed by atoms with Crippen molar-refractivity contribution in [2.75, 3.05) is 6.54 Å². The molecule has 1 aromatic rings. The van der Waals surface area contributed by atoms with Crippen molar-refractivity contribution in [3.05, 3.63) is 15.9 Å². The third kappa shape index (κ3) is 3.42. The second-order valence-corrected chi connectivity index (χ2v) is 5.32. The first-order valence-corrected chi connectivity index (χ1v) is 7.28. The number of aryl methyl sites for hydroxylation is 2. The Balaban J connectivity index is 2.86. The molecule has 1 rings (SSSR count). The highest BCUT2D eigenvalue weighted by atomic mass is 79.9. The van der Waals surface area contributed by atoms with Gasteiger partial charge in [0.05, 0.1) is 15.9 Å². The van der Waals surface area contributed by atoms with Gasteiger partial charge in [0, 0.05) is 25.4 Å². The minimum absolute atomic E-state index is 0.0255. The van der Waals surface area contributed by atoms with Crippen molar-refractivity contribution in [2.24, 2.45) is 11.7 Å². The van der Waals surface area contributed by atoms with Gasteiger partial charge in [0.1, 0.15) is 5.78 Å². The molecule has 4 nitrogen and oxygen atoms in total. The molecule has 0 aliphatic rings. The molecule has 2 N–H and O–H groups in total. The van der Waals surface area contributed by atoms with Gasteiger partial charge in [-0.1, -0.05) is 13.3 Å². The van der Waals surface area contributed by atoms with E-state index in [1.165, 1.54) is 0 Å². The Morgan fingerprint density at radius 2 is 2.17 bits per heavy atom. The number of aromatic nitrogens is 2. The fourth-order valence-corrected chi connectivity index (χ4v) is 2.53. The summed E-state index contributed by atoms with van der Waals surface area (Å²) >= 11 is 3.51. The number of hydrogen-bond donors (Lipinski definition) is 1. The molecule has 0 spiro atoms. The van der Waals surface area contributed by atoms with Gasteiger partial charge in [-0.25, -0.2) is 0 Å². The van der Waals surface area contributed by atoms with Crippen molar-refractivity contribution in [3.63, 3.8) is 0 Å². The number of ketones is 1. The second-order valence-electron chi connectivity index (χ2n) is 4.53. The molecular weight excluding hydrogens is 294 g/mol. The molecule has 0 saturated carbocycles. The lowest BCUT2D eigenvalue weighted by Crippen LogP contribution is -2.26. The van der Waals surface area contributed by atoms with Crippen LogP contribution in [-0.4, -0.2) is 22.1 Å². The molecule has 0 aliphatic heterocycles. The minimum Gasteiger partial charge on any atom is -0.330 e. The van der Waals surface area contributed by atoms with Crippen molar-refractivity contribution in [3.8, 4) is 0 Å². The summed E-state index contributed by atoms with van der Waals surface area (Å²) in [6, 6.07) is 0. The van der Waals surface area contributed by atoms with Gasteiger partial charge in [-0.15, -0.1) is 0 Å². The van der Waals surface area contributed by atoms with Gasteiger partial charge < -0.3 is 5.73 Å². The van der Waals surface area contributed by atoms with E-state index in [1.54, 1.807) is 0 Å². The Bertz CT molecular complexity index is 415. The minimum atomic E-state index is -0.0255. The van der Waals surface area contributed by atoms with Gasteiger partial charge in [-0.2, -0.15) is 5.10 Å². The Morgan fingerprint density at radius 3 is 2.67 bits per heavy atom. The van der Waals surface area contributed by atoms with Gasteiger partial charge in [-0.05, 0) is 36.2 Å². The molecule has 0 radical (unpaired) electrons. The zero-order chi connectivity index (χ0) is 13.7. The summed E-state index contributed by atoms with van der Waals surface area (Å²) in [5, 5.41) is 4.40. The highest BCUT2D eigenvalue weighted by Gasteiger charge is 2.20. The quantitative estimate of drug-likeness (QED) is 0.840. The van der Waals surface area contributed by atoms with Crippen molar-refractivity contribution in [1.29, 1.82) is 0 Å². The first-order chi connectivity index (χ1) is 8.54. The number of hydrogen-bond acceptors (Lipinski definition) is 3. The third-order valence-corrected chi connectivity index (χ3v) is 4.20. The van der Waals surface area contributed by atoms with E-state index in [1.807, 2.05) is 18.5 Å². The Hall–Kier alpha value is -0.680. The predicted octanol–water partition coefficient (Wildman–Crippen LogP) is 2.46. The third-order valence-electron chi connectivity index (χ3n) is 3.17. The normalized spacial score (nSPS) is 12.7. The van der Waals surface area contributed by atoms with E-state index in [2.05, 4.69) is 28.0 Å². The molecule has 0 amide bonds. The number of halogens is 1. The van der Waals surface area contributed by atoms with Crippen LogP contribution in [0.5, 0.6) is 0 Å². The van der Waals surface area contributed by atoms with Crippen LogP contribution in [0.2, 0.25) is 0 Å². The molecule has 1 atom stereocenters. The number of rotatable bonds is 7. The van der Waals surface area contributed by atoms with E-state index < -0.39 is 0 Å². The molecule has 1 aromatic heterocycles. The van der Waals surface area contributed by atoms with E-state index in [0.717, 1.165) is 35.2 Å². The van der Waals surface area contributed by atoms with Crippen LogP contribution in [-0.2, 0) is 17.8 Å². The number of nitrogens with two attached hydrogens (primary N) is 1. The molecular formula is C13H22BrN3O. The molecule has 1 unspecified atom stereocenters. The van der Waals surface area contributed by atoms with Crippen LogP contribution in [0.15, 0.2) is 4.47 Å². The van der Waals surface area contributed by atoms with Gasteiger partial charge in [0.2, 0.25) is 0 Å². The van der Waals surface area contributed by atoms with Crippen molar-refractivity contribution in [1.82, 2.24) is 9.78 Å². The summed E-state index contributed by atoms with van der Waals surface area (Å²) < 4.78 is 2.83. The zero-order valence-electron chi connectivity index (χ0n) is 11.4. The van der Waals surface area contributed by atoms with E-state index in [0.29, 0.717) is 13.0 Å². The molecule has 18 heavy (non-hydrogen) atoms. The number of Topliss-reactive ketones (excluding diaryl/α,β-unsaturated/α-hetero) is 1. The molecule has 0 aliphatic carbocycles. The lowest BCUT2D eigenvalue weighted by Gasteiger charge is -2.13. The van der Waals surface area contributed by atoms with Gasteiger partial charge in [-0.3, -0.25) is 9.48 Å². The highest BCUT2D eigenvalue weighted by Crippen LogP contribution is 2.23. The molecule has 1 heterocycles. The smallest absolute Gasteiger partial charge is 0.143 e. The topological polar surface area (TPSA) is 60.9 Å². The summed E-state index contributed by atoms with van der Waals surface area (Å²) in [4.78, 5) is 12.2. The Labute approximate surface area is 117 Å². The number of nitrogens with zero attached hydrogens (tertiary/aromatic N) is 2. The van der Waals surface area contributed by atoms with Crippen molar-refractivity contribution < 1.29 is 4.79 Å². The van der Waals surface area contributed by atoms with Crippen LogP contribution in [0.3, 0.4) is 0 Å². The Morgan fingerprint density at radius 1 is 1.50 bits per heavy atom. The molecule has 102 valence electrons. The van der Waals surface area contributed by atoms with Gasteiger partial charge >= 0.3 is 0 Å². The number of carbonyl (C=O) groups is 1. The van der Waals surface area contributed by atoms with Crippen LogP contribution in [0, 0.1) is 12.8 Å². The van der Waals surface area contributed by atoms with Crippen LogP contribution >= 0.6 is 15.9 Å². The van der Waals surface area contributed by atoms with Gasteiger partial charge in [0.15, 0.2) is 0 Å². The standard InChI is InChI=1S/C13H22BrN3O/c1-4-6-10(8-15)12(18)7-11-13(14)9(3)16-17(11)5-2/h10H,4-8,15H2,1-3H3. The number of carbonyl (C=O) groups excluding carboxylic acids is 1. The molecule has 0 aromatic carbocycles. The summed E-state index contributed by atoms with van der Waals surface area (Å²) in [5.74, 6) is 0.192. The summed E-state index contributed by atoms with van der Waals surface area (Å²) in [6.07, 6.45) is 2.27. The average Bonchev–Trinajstić information content (AvgIpc) is 2.63. The summed E-state index contributed by atoms with van der Waals surface area (Å²) in [6.45, 7) is 7.25. The fourth-order valence-electron chi connectivity index (χ4n) is 2.11. The molecule has 5 heteroatoms. The lowest BCUT2D eigenvalue weighted by molar-refractivity contribution is -0.122. The molecule has 0 bridgehead atoms. The first kappa shape index (κ1) is 15.4. The Kier molecular flexibility index (Phi) is 6.02. The van der Waals surface area contributed by atoms with Gasteiger partial charge in [0.25, 0.3) is 0 Å². The highest BCUT2D eigenvalue weighted by molar-refractivity contribution is 9.10. The fraction of sp³-hybridized carbons (Fsp3) is 0.692. The average molecular weight is 316 g/mol. The largest absolute Gasteiger partial charge is 0.330 e. The lowest BCUT2D eigenvalue weighted by atomic mass is 9.95. The second kappa shape index (κ2) is 7.04. The maximum absolute atomic E-state index is 12.2. The SMILES string of the molecule is CCCC(CN)C(=O)Cc1c(Br)c(C)nn1CC.